The van der Waals surface area contributed by atoms with E-state index in [-0.39, 0.29) is 58.6 Å². The lowest BCUT2D eigenvalue weighted by Gasteiger charge is -2.30. The van der Waals surface area contributed by atoms with E-state index in [1.54, 1.807) is 18.2 Å². The van der Waals surface area contributed by atoms with Crippen molar-refractivity contribution in [2.75, 3.05) is 37.8 Å². The van der Waals surface area contributed by atoms with E-state index in [1.165, 1.54) is 32.1 Å². The lowest BCUT2D eigenvalue weighted by molar-refractivity contribution is -0.137. The summed E-state index contributed by atoms with van der Waals surface area (Å²) in [5, 5.41) is 35.4. The summed E-state index contributed by atoms with van der Waals surface area (Å²) < 4.78 is 62.1. The Kier molecular flexibility index (Phi) is 18.0. The average molecular weight is 932 g/mol. The van der Waals surface area contributed by atoms with Gasteiger partial charge in [-0.1, -0.05) is 43.8 Å². The molecule has 0 bridgehead atoms. The van der Waals surface area contributed by atoms with Gasteiger partial charge < -0.3 is 61.5 Å². The number of amides is 2. The molecule has 2 amide bonds. The lowest BCUT2D eigenvalue weighted by Crippen LogP contribution is -2.46. The fourth-order valence-corrected chi connectivity index (χ4v) is 8.48. The summed E-state index contributed by atoms with van der Waals surface area (Å²) in [7, 11) is -16.4. The number of aromatic hydroxyl groups is 1. The molecule has 1 fully saturated rings. The van der Waals surface area contributed by atoms with Crippen LogP contribution in [-0.4, -0.2) is 133 Å². The number of nitrogen functional groups attached to an aromatic ring is 1. The van der Waals surface area contributed by atoms with Crippen molar-refractivity contribution in [3.63, 3.8) is 0 Å². The first-order chi connectivity index (χ1) is 27.5. The number of thioether (sulfide) groups is 1. The van der Waals surface area contributed by atoms with E-state index in [0.29, 0.717) is 5.56 Å². The minimum absolute atomic E-state index is 0. The number of fused-ring (bicyclic) bond motifs is 1. The third kappa shape index (κ3) is 15.0. The molecule has 0 radical (unpaired) electrons. The molecular weight excluding hydrogens is 887 g/mol. The van der Waals surface area contributed by atoms with Crippen LogP contribution in [0.25, 0.3) is 17.2 Å². The van der Waals surface area contributed by atoms with E-state index >= 15 is 0 Å². The molecule has 0 aliphatic carbocycles. The second-order valence-electron chi connectivity index (χ2n) is 13.2. The monoisotopic (exact) mass is 931 g/mol. The van der Waals surface area contributed by atoms with E-state index < -0.39 is 84.6 Å². The maximum atomic E-state index is 12.7. The number of nitrogens with zero attached hydrogens (tertiary/aromatic N) is 4. The van der Waals surface area contributed by atoms with E-state index in [4.69, 9.17) is 19.5 Å². The first-order valence-electron chi connectivity index (χ1n) is 17.0. The van der Waals surface area contributed by atoms with Crippen molar-refractivity contribution in [2.45, 2.75) is 50.9 Å². The molecule has 3 aromatic rings. The quantitative estimate of drug-likeness (QED) is 0.0357. The molecule has 60 heavy (non-hydrogen) atoms. The highest BCUT2D eigenvalue weighted by molar-refractivity contribution is 8.14. The molecule has 3 unspecified atom stereocenters. The van der Waals surface area contributed by atoms with Crippen molar-refractivity contribution in [3.05, 3.63) is 48.6 Å². The number of anilines is 1. The Labute approximate surface area is 344 Å². The van der Waals surface area contributed by atoms with Gasteiger partial charge in [-0.3, -0.25) is 32.5 Å². The highest BCUT2D eigenvalue weighted by atomic mass is 32.2. The minimum Gasteiger partial charge on any atom is -0.508 e. The molecule has 7 atom stereocenters. The summed E-state index contributed by atoms with van der Waals surface area (Å²) in [6.45, 7) is 0.345. The third-order valence-electron chi connectivity index (χ3n) is 8.05. The van der Waals surface area contributed by atoms with Crippen molar-refractivity contribution in [2.24, 2.45) is 5.41 Å². The van der Waals surface area contributed by atoms with Crippen molar-refractivity contribution >= 4 is 75.2 Å². The first-order valence-corrected chi connectivity index (χ1v) is 22.5. The second-order valence-corrected chi connectivity index (χ2v) is 18.5. The molecule has 26 nitrogen and oxygen atoms in total. The first kappa shape index (κ1) is 50.6. The number of ether oxygens (including phenoxy) is 1. The van der Waals surface area contributed by atoms with Crippen molar-refractivity contribution in [1.82, 2.24) is 30.2 Å². The van der Waals surface area contributed by atoms with Gasteiger partial charge >= 0.3 is 23.5 Å². The average Bonchev–Trinajstić information content (AvgIpc) is 3.71. The number of imidazole rings is 1. The number of phosphoric acid groups is 3. The van der Waals surface area contributed by atoms with Crippen LogP contribution in [0.15, 0.2) is 43.0 Å². The molecule has 2 aromatic heterocycles. The normalized spacial score (nSPS) is 20.9. The Balaban J connectivity index is 0.00000961. The highest BCUT2D eigenvalue weighted by Gasteiger charge is 2.50. The Hall–Kier alpha value is -3.72. The molecular formula is C30H44N7O19P3S. The number of benzene rings is 1. The number of carbonyl (C=O) groups excluding carboxylic acids is 3. The fraction of sp³-hybridized carbons (Fsp3) is 0.467. The van der Waals surface area contributed by atoms with Crippen molar-refractivity contribution in [3.8, 4) is 5.75 Å². The summed E-state index contributed by atoms with van der Waals surface area (Å²) in [5.74, 6) is -1.17. The van der Waals surface area contributed by atoms with Gasteiger partial charge in [0.1, 0.15) is 42.0 Å². The van der Waals surface area contributed by atoms with E-state index in [9.17, 15) is 63.0 Å². The highest BCUT2D eigenvalue weighted by Crippen LogP contribution is 2.61. The van der Waals surface area contributed by atoms with Crippen LogP contribution >= 0.6 is 35.2 Å². The maximum Gasteiger partial charge on any atom is 0.481 e. The minimum atomic E-state index is -5.58. The van der Waals surface area contributed by atoms with Gasteiger partial charge in [0.25, 0.3) is 0 Å². The Morgan fingerprint density at radius 3 is 2.37 bits per heavy atom. The van der Waals surface area contributed by atoms with Crippen LogP contribution in [-0.2, 0) is 50.7 Å². The number of hydrogen-bond acceptors (Lipinski definition) is 19. The van der Waals surface area contributed by atoms with Crippen LogP contribution in [0.5, 0.6) is 5.75 Å². The van der Waals surface area contributed by atoms with Crippen LogP contribution < -0.4 is 16.4 Å². The molecule has 3 heterocycles. The molecule has 13 N–H and O–H groups in total. The molecule has 30 heteroatoms. The number of nitrogens with two attached hydrogens (primary N) is 1. The van der Waals surface area contributed by atoms with E-state index in [1.807, 2.05) is 0 Å². The van der Waals surface area contributed by atoms with Crippen molar-refractivity contribution < 1.29 is 91.1 Å². The zero-order valence-electron chi connectivity index (χ0n) is 31.5. The summed E-state index contributed by atoms with van der Waals surface area (Å²) in [4.78, 5) is 87.7. The third-order valence-corrected chi connectivity index (χ3v) is 12.0. The van der Waals surface area contributed by atoms with Gasteiger partial charge in [-0.05, 0) is 23.8 Å². The number of phenols is 1. The SMILES string of the molecule is CC(C)(COP(=O)(O)OP(=O)(O)OC[C@H]1O[C@@H](n2cnc3c(N)ncnc32)[C@H](O)[C@@H]1OP(=O)(O)O)C(O)C(=O)NCCC(=O)NCCSC(=O)C=Cc1ccc(O)cc1.O. The fourth-order valence-electron chi connectivity index (χ4n) is 5.08. The molecule has 1 aliphatic rings. The smallest absolute Gasteiger partial charge is 0.481 e. The number of rotatable bonds is 21. The summed E-state index contributed by atoms with van der Waals surface area (Å²) >= 11 is 0.956. The standard InChI is InChI=1S/C30H42N7O18P3S.H2O/c1-30(2,25(42)28(43)33-10-9-20(39)32-11-12-59-21(40)8-5-17-3-6-18(38)7-4-17)14-52-58(49,50)55-57(47,48)51-13-19-24(54-56(44,45)46)23(41)29(53-19)37-16-36-22-26(31)34-15-35-27(22)37;/h3-8,15-16,19,23-25,29,38,41-42H,9-14H2,1-2H3,(H,32,39)(H,33,43)(H,47,48)(H,49,50)(H2,31,34,35)(H2,44,45,46);1H2/t19-,23-,24-,25?,29-;/m1./s1. The molecule has 0 spiro atoms. The van der Waals surface area contributed by atoms with E-state index in [0.717, 1.165) is 29.0 Å². The number of nitrogens with one attached hydrogen (secondary N) is 2. The maximum absolute atomic E-state index is 12.7. The van der Waals surface area contributed by atoms with Gasteiger partial charge in [-0.15, -0.1) is 0 Å². The number of aliphatic hydroxyl groups is 2. The number of carbonyl (C=O) groups is 3. The Morgan fingerprint density at radius 2 is 1.70 bits per heavy atom. The summed E-state index contributed by atoms with van der Waals surface area (Å²) in [5.41, 5.74) is 4.94. The van der Waals surface area contributed by atoms with Crippen LogP contribution in [0.4, 0.5) is 5.82 Å². The topological polar surface area (TPSA) is 415 Å². The van der Waals surface area contributed by atoms with Gasteiger partial charge in [0, 0.05) is 30.7 Å². The number of phosphoric ester groups is 3. The summed E-state index contributed by atoms with van der Waals surface area (Å²) in [6, 6.07) is 6.21. The van der Waals surface area contributed by atoms with Gasteiger partial charge in [0.05, 0.1) is 19.5 Å². The zero-order valence-corrected chi connectivity index (χ0v) is 35.0. The van der Waals surface area contributed by atoms with Gasteiger partial charge in [-0.2, -0.15) is 4.31 Å². The molecule has 4 rings (SSSR count). The number of phenolic OH excluding ortho intramolecular Hbond substituents is 1. The van der Waals surface area contributed by atoms with Crippen LogP contribution in [0, 0.1) is 5.41 Å². The number of aromatic nitrogens is 4. The Bertz CT molecular complexity index is 2140. The predicted octanol–water partition coefficient (Wildman–Crippen LogP) is -0.741. The van der Waals surface area contributed by atoms with Crippen molar-refractivity contribution in [1.29, 1.82) is 0 Å². The molecule has 1 aliphatic heterocycles. The number of aliphatic hydroxyl groups excluding tert-OH is 2. The zero-order chi connectivity index (χ0) is 43.8. The molecule has 1 aromatic carbocycles. The molecule has 334 valence electrons. The number of hydrogen-bond donors (Lipinski definition) is 10. The van der Waals surface area contributed by atoms with E-state index in [2.05, 4.69) is 34.4 Å². The van der Waals surface area contributed by atoms with Crippen LogP contribution in [0.3, 0.4) is 0 Å². The van der Waals surface area contributed by atoms with Gasteiger partial charge in [0.15, 0.2) is 17.7 Å². The predicted molar refractivity (Wildman–Crippen MR) is 208 cm³/mol. The van der Waals surface area contributed by atoms with Crippen LogP contribution in [0.2, 0.25) is 0 Å². The van der Waals surface area contributed by atoms with Crippen LogP contribution in [0.1, 0.15) is 32.1 Å². The largest absolute Gasteiger partial charge is 0.508 e. The summed E-state index contributed by atoms with van der Waals surface area (Å²) in [6.07, 6.45) is -4.10. The van der Waals surface area contributed by atoms with Gasteiger partial charge in [-0.25, -0.2) is 28.6 Å². The molecule has 0 saturated carbocycles. The Morgan fingerprint density at radius 1 is 1.03 bits per heavy atom. The molecule has 1 saturated heterocycles. The van der Waals surface area contributed by atoms with Gasteiger partial charge in [0.2, 0.25) is 16.9 Å². The lowest BCUT2D eigenvalue weighted by atomic mass is 9.87. The second kappa shape index (κ2) is 21.4.